The lowest BCUT2D eigenvalue weighted by molar-refractivity contribution is -0.123. The van der Waals surface area contributed by atoms with Gasteiger partial charge in [0.2, 0.25) is 0 Å². The van der Waals surface area contributed by atoms with Crippen LogP contribution in [0, 0.1) is 0 Å². The Bertz CT molecular complexity index is 696. The monoisotopic (exact) mass is 340 g/mol. The Morgan fingerprint density at radius 2 is 1.84 bits per heavy atom. The van der Waals surface area contributed by atoms with Gasteiger partial charge >= 0.3 is 0 Å². The van der Waals surface area contributed by atoms with Crippen LogP contribution in [0.2, 0.25) is 0 Å². The smallest absolute Gasteiger partial charge is 0.277 e. The SMILES string of the molecule is CCCOc1ccc(/C=N/NC(=O)COc2ccccc2CC)cc1. The van der Waals surface area contributed by atoms with Crippen molar-refractivity contribution in [3.05, 3.63) is 59.7 Å². The largest absolute Gasteiger partial charge is 0.494 e. The third kappa shape index (κ3) is 6.30. The van der Waals surface area contributed by atoms with E-state index in [-0.39, 0.29) is 12.5 Å². The molecule has 0 bridgehead atoms. The van der Waals surface area contributed by atoms with Crippen molar-refractivity contribution in [3.8, 4) is 11.5 Å². The maximum absolute atomic E-state index is 11.8. The van der Waals surface area contributed by atoms with Crippen LogP contribution < -0.4 is 14.9 Å². The number of nitrogens with zero attached hydrogens (tertiary/aromatic N) is 1. The normalized spacial score (nSPS) is 10.6. The molecule has 1 amide bonds. The Hall–Kier alpha value is -2.82. The van der Waals surface area contributed by atoms with Crippen LogP contribution in [0.15, 0.2) is 53.6 Å². The summed E-state index contributed by atoms with van der Waals surface area (Å²) in [6, 6.07) is 15.2. The molecule has 0 saturated carbocycles. The average Bonchev–Trinajstić information content (AvgIpc) is 2.66. The van der Waals surface area contributed by atoms with Crippen LogP contribution in [0.25, 0.3) is 0 Å². The molecule has 0 atom stereocenters. The van der Waals surface area contributed by atoms with Crippen LogP contribution in [0.1, 0.15) is 31.4 Å². The van der Waals surface area contributed by atoms with E-state index >= 15 is 0 Å². The van der Waals surface area contributed by atoms with Crippen molar-refractivity contribution in [3.63, 3.8) is 0 Å². The van der Waals surface area contributed by atoms with E-state index in [1.54, 1.807) is 6.21 Å². The molecule has 0 aliphatic carbocycles. The van der Waals surface area contributed by atoms with Crippen LogP contribution in [0.5, 0.6) is 11.5 Å². The summed E-state index contributed by atoms with van der Waals surface area (Å²) >= 11 is 0. The van der Waals surface area contributed by atoms with E-state index in [0.717, 1.165) is 35.5 Å². The minimum atomic E-state index is -0.301. The zero-order chi connectivity index (χ0) is 17.9. The lowest BCUT2D eigenvalue weighted by Gasteiger charge is -2.09. The summed E-state index contributed by atoms with van der Waals surface area (Å²) in [4.78, 5) is 11.8. The highest BCUT2D eigenvalue weighted by Crippen LogP contribution is 2.17. The predicted molar refractivity (Wildman–Crippen MR) is 99.3 cm³/mol. The molecule has 0 saturated heterocycles. The molecular formula is C20H24N2O3. The Labute approximate surface area is 148 Å². The number of carbonyl (C=O) groups is 1. The van der Waals surface area contributed by atoms with Crippen LogP contribution in [-0.4, -0.2) is 25.3 Å². The number of para-hydroxylation sites is 1. The van der Waals surface area contributed by atoms with Gasteiger partial charge in [0.05, 0.1) is 12.8 Å². The number of hydrazone groups is 1. The third-order valence-electron chi connectivity index (χ3n) is 3.47. The maximum Gasteiger partial charge on any atom is 0.277 e. The van der Waals surface area contributed by atoms with Gasteiger partial charge in [-0.15, -0.1) is 0 Å². The number of nitrogens with one attached hydrogen (secondary N) is 1. The van der Waals surface area contributed by atoms with Gasteiger partial charge < -0.3 is 9.47 Å². The fourth-order valence-corrected chi connectivity index (χ4v) is 2.16. The number of amides is 1. The van der Waals surface area contributed by atoms with Crippen LogP contribution in [0.4, 0.5) is 0 Å². The fraction of sp³-hybridized carbons (Fsp3) is 0.300. The quantitative estimate of drug-likeness (QED) is 0.561. The van der Waals surface area contributed by atoms with E-state index in [4.69, 9.17) is 9.47 Å². The Kier molecular flexibility index (Phi) is 7.50. The van der Waals surface area contributed by atoms with Gasteiger partial charge in [-0.2, -0.15) is 5.10 Å². The molecule has 0 unspecified atom stereocenters. The van der Waals surface area contributed by atoms with E-state index in [9.17, 15) is 4.79 Å². The van der Waals surface area contributed by atoms with Gasteiger partial charge in [-0.3, -0.25) is 4.79 Å². The van der Waals surface area contributed by atoms with Crippen molar-refractivity contribution in [1.82, 2.24) is 5.43 Å². The molecule has 5 nitrogen and oxygen atoms in total. The van der Waals surface area contributed by atoms with Crippen molar-refractivity contribution < 1.29 is 14.3 Å². The Morgan fingerprint density at radius 3 is 2.56 bits per heavy atom. The molecule has 0 radical (unpaired) electrons. The molecule has 0 spiro atoms. The number of ether oxygens (including phenoxy) is 2. The number of aryl methyl sites for hydroxylation is 1. The van der Waals surface area contributed by atoms with Gasteiger partial charge in [-0.05, 0) is 54.3 Å². The van der Waals surface area contributed by atoms with E-state index in [2.05, 4.69) is 17.5 Å². The number of hydrogen-bond acceptors (Lipinski definition) is 4. The Balaban J connectivity index is 1.78. The first kappa shape index (κ1) is 18.5. The van der Waals surface area contributed by atoms with Crippen molar-refractivity contribution in [2.24, 2.45) is 5.10 Å². The molecular weight excluding hydrogens is 316 g/mol. The molecule has 2 rings (SSSR count). The molecule has 0 heterocycles. The number of carbonyl (C=O) groups excluding carboxylic acids is 1. The van der Waals surface area contributed by atoms with Gasteiger partial charge in [0.1, 0.15) is 11.5 Å². The van der Waals surface area contributed by atoms with Gasteiger partial charge in [0.25, 0.3) is 5.91 Å². The lowest BCUT2D eigenvalue weighted by Crippen LogP contribution is -2.24. The van der Waals surface area contributed by atoms with E-state index in [0.29, 0.717) is 6.61 Å². The van der Waals surface area contributed by atoms with E-state index in [1.807, 2.05) is 55.5 Å². The molecule has 5 heteroatoms. The fourth-order valence-electron chi connectivity index (χ4n) is 2.16. The van der Waals surface area contributed by atoms with Gasteiger partial charge in [-0.25, -0.2) is 5.43 Å². The van der Waals surface area contributed by atoms with Gasteiger partial charge in [0.15, 0.2) is 6.61 Å². The summed E-state index contributed by atoms with van der Waals surface area (Å²) in [7, 11) is 0. The highest BCUT2D eigenvalue weighted by Gasteiger charge is 2.04. The first-order valence-electron chi connectivity index (χ1n) is 8.48. The first-order valence-corrected chi connectivity index (χ1v) is 8.48. The van der Waals surface area contributed by atoms with Gasteiger partial charge in [0, 0.05) is 0 Å². The predicted octanol–water partition coefficient (Wildman–Crippen LogP) is 3.57. The van der Waals surface area contributed by atoms with Crippen LogP contribution >= 0.6 is 0 Å². The average molecular weight is 340 g/mol. The summed E-state index contributed by atoms with van der Waals surface area (Å²) in [5, 5.41) is 3.94. The molecule has 25 heavy (non-hydrogen) atoms. The lowest BCUT2D eigenvalue weighted by atomic mass is 10.1. The van der Waals surface area contributed by atoms with Crippen LogP contribution in [0.3, 0.4) is 0 Å². The Morgan fingerprint density at radius 1 is 1.08 bits per heavy atom. The zero-order valence-corrected chi connectivity index (χ0v) is 14.7. The molecule has 132 valence electrons. The number of rotatable bonds is 9. The standard InChI is InChI=1S/C20H24N2O3/c1-3-13-24-18-11-9-16(10-12-18)14-21-22-20(23)15-25-19-8-6-5-7-17(19)4-2/h5-12,14H,3-4,13,15H2,1-2H3,(H,22,23)/b21-14+. The van der Waals surface area contributed by atoms with E-state index in [1.165, 1.54) is 0 Å². The molecule has 1 N–H and O–H groups in total. The highest BCUT2D eigenvalue weighted by atomic mass is 16.5. The number of hydrogen-bond donors (Lipinski definition) is 1. The van der Waals surface area contributed by atoms with E-state index < -0.39 is 0 Å². The second-order valence-corrected chi connectivity index (χ2v) is 5.46. The number of benzene rings is 2. The van der Waals surface area contributed by atoms with Gasteiger partial charge in [-0.1, -0.05) is 32.0 Å². The summed E-state index contributed by atoms with van der Waals surface area (Å²) in [5.41, 5.74) is 4.41. The minimum absolute atomic E-state index is 0.0713. The molecule has 2 aromatic rings. The summed E-state index contributed by atoms with van der Waals surface area (Å²) < 4.78 is 11.1. The summed E-state index contributed by atoms with van der Waals surface area (Å²) in [6.07, 6.45) is 3.41. The van der Waals surface area contributed by atoms with Crippen molar-refractivity contribution in [2.45, 2.75) is 26.7 Å². The molecule has 0 aliphatic rings. The van der Waals surface area contributed by atoms with Crippen LogP contribution in [-0.2, 0) is 11.2 Å². The van der Waals surface area contributed by atoms with Crippen molar-refractivity contribution >= 4 is 12.1 Å². The third-order valence-corrected chi connectivity index (χ3v) is 3.47. The molecule has 0 aromatic heterocycles. The minimum Gasteiger partial charge on any atom is -0.494 e. The van der Waals surface area contributed by atoms with Crippen molar-refractivity contribution in [1.29, 1.82) is 0 Å². The van der Waals surface area contributed by atoms with Crippen molar-refractivity contribution in [2.75, 3.05) is 13.2 Å². The highest BCUT2D eigenvalue weighted by molar-refractivity contribution is 5.83. The molecule has 2 aromatic carbocycles. The first-order chi connectivity index (χ1) is 12.2. The topological polar surface area (TPSA) is 59.9 Å². The zero-order valence-electron chi connectivity index (χ0n) is 14.7. The summed E-state index contributed by atoms with van der Waals surface area (Å²) in [5.74, 6) is 1.25. The maximum atomic E-state index is 11.8. The summed E-state index contributed by atoms with van der Waals surface area (Å²) in [6.45, 7) is 4.74. The molecule has 0 aliphatic heterocycles. The second kappa shape index (κ2) is 10.1. The molecule has 0 fully saturated rings. The second-order valence-electron chi connectivity index (χ2n) is 5.46.